The van der Waals surface area contributed by atoms with Gasteiger partial charge in [0.15, 0.2) is 11.5 Å². The molecule has 1 aliphatic carbocycles. The van der Waals surface area contributed by atoms with E-state index in [1.54, 1.807) is 0 Å². The molecule has 1 aromatic carbocycles. The Morgan fingerprint density at radius 2 is 1.90 bits per heavy atom. The summed E-state index contributed by atoms with van der Waals surface area (Å²) in [5.74, 6) is 1.64. The van der Waals surface area contributed by atoms with Crippen molar-refractivity contribution in [3.63, 3.8) is 0 Å². The first-order valence-corrected chi connectivity index (χ1v) is 7.94. The molecule has 4 heteroatoms. The second kappa shape index (κ2) is 5.45. The number of ether oxygens (including phenoxy) is 2. The van der Waals surface area contributed by atoms with Crippen LogP contribution in [0, 0.1) is 0 Å². The van der Waals surface area contributed by atoms with Gasteiger partial charge in [-0.15, -0.1) is 0 Å². The van der Waals surface area contributed by atoms with Gasteiger partial charge in [0.1, 0.15) is 0 Å². The molecule has 0 atom stereocenters. The van der Waals surface area contributed by atoms with Gasteiger partial charge in [0.05, 0.1) is 13.2 Å². The van der Waals surface area contributed by atoms with Crippen LogP contribution in [0.25, 0.3) is 0 Å². The zero-order chi connectivity index (χ0) is 14.2. The molecule has 3 nitrogen and oxygen atoms in total. The van der Waals surface area contributed by atoms with Gasteiger partial charge in [-0.25, -0.2) is 0 Å². The highest BCUT2D eigenvalue weighted by Gasteiger charge is 2.37. The minimum Gasteiger partial charge on any atom is -0.489 e. The predicted molar refractivity (Wildman–Crippen MR) is 80.8 cm³/mol. The summed E-state index contributed by atoms with van der Waals surface area (Å²) in [5, 5.41) is 0.732. The summed E-state index contributed by atoms with van der Waals surface area (Å²) < 4.78 is 11.7. The van der Waals surface area contributed by atoms with E-state index in [2.05, 4.69) is 6.92 Å². The molecule has 0 amide bonds. The summed E-state index contributed by atoms with van der Waals surface area (Å²) in [5.41, 5.74) is 8.57. The van der Waals surface area contributed by atoms with E-state index in [4.69, 9.17) is 26.8 Å². The lowest BCUT2D eigenvalue weighted by Gasteiger charge is -2.29. The average molecular weight is 296 g/mol. The predicted octanol–water partition coefficient (Wildman–Crippen LogP) is 3.79. The maximum atomic E-state index is 6.65. The monoisotopic (exact) mass is 295 g/mol. The number of fused-ring (bicyclic) bond motifs is 1. The molecule has 1 aromatic rings. The minimum absolute atomic E-state index is 0.298. The normalized spacial score (nSPS) is 20.8. The van der Waals surface area contributed by atoms with Crippen molar-refractivity contribution in [2.45, 2.75) is 51.0 Å². The van der Waals surface area contributed by atoms with Gasteiger partial charge in [-0.05, 0) is 24.8 Å². The lowest BCUT2D eigenvalue weighted by molar-refractivity contribution is 0.296. The Balaban J connectivity index is 2.16. The second-order valence-corrected chi connectivity index (χ2v) is 6.21. The molecule has 110 valence electrons. The fraction of sp³-hybridized carbons (Fsp3) is 0.625. The highest BCUT2D eigenvalue weighted by Crippen LogP contribution is 2.47. The van der Waals surface area contributed by atoms with E-state index < -0.39 is 0 Å². The van der Waals surface area contributed by atoms with Crippen LogP contribution in [0.1, 0.15) is 50.2 Å². The Labute approximate surface area is 125 Å². The lowest BCUT2D eigenvalue weighted by Crippen LogP contribution is -2.34. The van der Waals surface area contributed by atoms with Crippen LogP contribution in [-0.2, 0) is 12.0 Å². The molecule has 1 fully saturated rings. The Morgan fingerprint density at radius 3 is 2.60 bits per heavy atom. The maximum Gasteiger partial charge on any atom is 0.164 e. The number of rotatable bonds is 2. The van der Waals surface area contributed by atoms with Crippen LogP contribution in [0.3, 0.4) is 0 Å². The summed E-state index contributed by atoms with van der Waals surface area (Å²) in [6, 6.07) is 1.89. The molecule has 2 aliphatic rings. The van der Waals surface area contributed by atoms with E-state index in [0.29, 0.717) is 13.2 Å². The third-order valence-corrected chi connectivity index (χ3v) is 4.73. The fourth-order valence-corrected chi connectivity index (χ4v) is 3.87. The van der Waals surface area contributed by atoms with E-state index in [1.165, 1.54) is 12.8 Å². The SMILES string of the molecule is CCc1c2c(cc(Cl)c1C1(N)CCCC1)OCCCO2. The molecule has 20 heavy (non-hydrogen) atoms. The Hall–Kier alpha value is -0.930. The van der Waals surface area contributed by atoms with E-state index in [9.17, 15) is 0 Å². The van der Waals surface area contributed by atoms with E-state index in [1.807, 2.05) is 6.07 Å². The summed E-state index contributed by atoms with van der Waals surface area (Å²) in [6.45, 7) is 3.50. The lowest BCUT2D eigenvalue weighted by atomic mass is 9.84. The van der Waals surface area contributed by atoms with Gasteiger partial charge < -0.3 is 15.2 Å². The van der Waals surface area contributed by atoms with Crippen LogP contribution in [-0.4, -0.2) is 13.2 Å². The number of hydrogen-bond acceptors (Lipinski definition) is 3. The second-order valence-electron chi connectivity index (χ2n) is 5.81. The van der Waals surface area contributed by atoms with E-state index in [0.717, 1.165) is 53.3 Å². The van der Waals surface area contributed by atoms with Gasteiger partial charge in [0.25, 0.3) is 0 Å². The summed E-state index contributed by atoms with van der Waals surface area (Å²) >= 11 is 6.55. The standard InChI is InChI=1S/C16H22ClNO2/c1-2-11-14(16(18)6-3-4-7-16)12(17)10-13-15(11)20-9-5-8-19-13/h10H,2-9,18H2,1H3. The molecular formula is C16H22ClNO2. The van der Waals surface area contributed by atoms with Crippen LogP contribution in [0.4, 0.5) is 0 Å². The van der Waals surface area contributed by atoms with Gasteiger partial charge in [-0.3, -0.25) is 0 Å². The van der Waals surface area contributed by atoms with Crippen molar-refractivity contribution in [3.05, 3.63) is 22.2 Å². The zero-order valence-electron chi connectivity index (χ0n) is 12.0. The van der Waals surface area contributed by atoms with Crippen molar-refractivity contribution in [1.29, 1.82) is 0 Å². The van der Waals surface area contributed by atoms with Gasteiger partial charge in [0.2, 0.25) is 0 Å². The number of nitrogens with two attached hydrogens (primary N) is 1. The van der Waals surface area contributed by atoms with Crippen molar-refractivity contribution < 1.29 is 9.47 Å². The minimum atomic E-state index is -0.298. The summed E-state index contributed by atoms with van der Waals surface area (Å²) in [6.07, 6.45) is 6.10. The smallest absolute Gasteiger partial charge is 0.164 e. The van der Waals surface area contributed by atoms with Gasteiger partial charge in [0, 0.05) is 28.6 Å². The molecule has 1 heterocycles. The quantitative estimate of drug-likeness (QED) is 0.903. The third kappa shape index (κ3) is 2.27. The molecule has 0 radical (unpaired) electrons. The fourth-order valence-electron chi connectivity index (χ4n) is 3.47. The Bertz CT molecular complexity index is 510. The number of benzene rings is 1. The topological polar surface area (TPSA) is 44.5 Å². The molecule has 0 saturated heterocycles. The molecule has 0 bridgehead atoms. The van der Waals surface area contributed by atoms with Crippen molar-refractivity contribution >= 4 is 11.6 Å². The van der Waals surface area contributed by atoms with Crippen LogP contribution in [0.2, 0.25) is 5.02 Å². The van der Waals surface area contributed by atoms with Crippen molar-refractivity contribution in [1.82, 2.24) is 0 Å². The Morgan fingerprint density at radius 1 is 1.20 bits per heavy atom. The Kier molecular flexibility index (Phi) is 3.83. The molecule has 0 spiro atoms. The molecular weight excluding hydrogens is 274 g/mol. The third-order valence-electron chi connectivity index (χ3n) is 4.44. The highest BCUT2D eigenvalue weighted by atomic mass is 35.5. The van der Waals surface area contributed by atoms with Crippen LogP contribution < -0.4 is 15.2 Å². The van der Waals surface area contributed by atoms with Crippen molar-refractivity contribution in [2.24, 2.45) is 5.73 Å². The summed E-state index contributed by atoms with van der Waals surface area (Å²) in [4.78, 5) is 0. The average Bonchev–Trinajstić information content (AvgIpc) is 2.73. The molecule has 3 rings (SSSR count). The van der Waals surface area contributed by atoms with Crippen LogP contribution in [0.5, 0.6) is 11.5 Å². The number of halogens is 1. The van der Waals surface area contributed by atoms with Crippen molar-refractivity contribution in [3.8, 4) is 11.5 Å². The largest absolute Gasteiger partial charge is 0.489 e. The number of hydrogen-bond donors (Lipinski definition) is 1. The molecule has 2 N–H and O–H groups in total. The van der Waals surface area contributed by atoms with Gasteiger partial charge >= 0.3 is 0 Å². The first-order valence-electron chi connectivity index (χ1n) is 7.56. The first kappa shape index (κ1) is 14.0. The first-order chi connectivity index (χ1) is 9.65. The molecule has 1 aliphatic heterocycles. The van der Waals surface area contributed by atoms with Crippen LogP contribution in [0.15, 0.2) is 6.07 Å². The van der Waals surface area contributed by atoms with E-state index >= 15 is 0 Å². The summed E-state index contributed by atoms with van der Waals surface area (Å²) in [7, 11) is 0. The van der Waals surface area contributed by atoms with E-state index in [-0.39, 0.29) is 5.54 Å². The van der Waals surface area contributed by atoms with Gasteiger partial charge in [-0.2, -0.15) is 0 Å². The van der Waals surface area contributed by atoms with Gasteiger partial charge in [-0.1, -0.05) is 31.4 Å². The highest BCUT2D eigenvalue weighted by molar-refractivity contribution is 6.31. The van der Waals surface area contributed by atoms with Crippen molar-refractivity contribution in [2.75, 3.05) is 13.2 Å². The van der Waals surface area contributed by atoms with Crippen LogP contribution >= 0.6 is 11.6 Å². The molecule has 0 aromatic heterocycles. The maximum absolute atomic E-state index is 6.65. The molecule has 1 saturated carbocycles. The molecule has 0 unspecified atom stereocenters. The zero-order valence-corrected chi connectivity index (χ0v) is 12.8.